The summed E-state index contributed by atoms with van der Waals surface area (Å²) < 4.78 is 13.2. The monoisotopic (exact) mass is 392 g/mol. The zero-order valence-corrected chi connectivity index (χ0v) is 16.5. The molecule has 0 saturated carbocycles. The summed E-state index contributed by atoms with van der Waals surface area (Å²) in [6.45, 7) is 4.66. The topological polar surface area (TPSA) is 73.4 Å². The first-order chi connectivity index (χ1) is 14.0. The molecule has 0 spiro atoms. The van der Waals surface area contributed by atoms with E-state index in [0.717, 1.165) is 49.3 Å². The number of halogens is 1. The number of nitriles is 1. The molecule has 2 saturated heterocycles. The van der Waals surface area contributed by atoms with E-state index in [4.69, 9.17) is 5.73 Å². The number of carbonyl (C=O) groups is 1. The molecular formula is C23H25FN4O. The van der Waals surface area contributed by atoms with Crippen LogP contribution in [0.25, 0.3) is 11.1 Å². The van der Waals surface area contributed by atoms with Gasteiger partial charge in [0.1, 0.15) is 11.9 Å². The Labute approximate surface area is 170 Å². The van der Waals surface area contributed by atoms with Crippen LogP contribution in [0.4, 0.5) is 10.1 Å². The van der Waals surface area contributed by atoms with Crippen molar-refractivity contribution in [3.63, 3.8) is 0 Å². The third-order valence-corrected chi connectivity index (χ3v) is 6.14. The van der Waals surface area contributed by atoms with Gasteiger partial charge in [-0.05, 0) is 54.2 Å². The molecular weight excluding hydrogens is 367 g/mol. The summed E-state index contributed by atoms with van der Waals surface area (Å²) in [6, 6.07) is 14.5. The van der Waals surface area contributed by atoms with Crippen LogP contribution >= 0.6 is 0 Å². The first-order valence-electron chi connectivity index (χ1n) is 10.1. The molecule has 3 atom stereocenters. The largest absolute Gasteiger partial charge is 0.369 e. The Morgan fingerprint density at radius 1 is 1.17 bits per heavy atom. The summed E-state index contributed by atoms with van der Waals surface area (Å²) in [7, 11) is 0. The minimum Gasteiger partial charge on any atom is -0.369 e. The molecule has 5 nitrogen and oxygen atoms in total. The molecule has 4 rings (SSSR count). The highest BCUT2D eigenvalue weighted by Crippen LogP contribution is 2.33. The SMILES string of the molecule is C[C@H]1C[C@@H](C(N)=O)N([C@H]2CCN(c3ccc(-c4ccc(F)cc4)cc3C#N)C2)C1. The zero-order valence-electron chi connectivity index (χ0n) is 16.5. The predicted octanol–water partition coefficient (Wildman–Crippen LogP) is 3.14. The summed E-state index contributed by atoms with van der Waals surface area (Å²) >= 11 is 0. The molecule has 2 aromatic rings. The van der Waals surface area contributed by atoms with E-state index in [1.807, 2.05) is 18.2 Å². The minimum atomic E-state index is -0.278. The minimum absolute atomic E-state index is 0.189. The first-order valence-corrected chi connectivity index (χ1v) is 10.1. The number of amides is 1. The van der Waals surface area contributed by atoms with Crippen molar-refractivity contribution >= 4 is 11.6 Å². The average Bonchev–Trinajstić information content (AvgIpc) is 3.35. The van der Waals surface area contributed by atoms with Crippen molar-refractivity contribution in [1.29, 1.82) is 5.26 Å². The number of hydrogen-bond donors (Lipinski definition) is 1. The van der Waals surface area contributed by atoms with Crippen molar-refractivity contribution < 1.29 is 9.18 Å². The van der Waals surface area contributed by atoms with Gasteiger partial charge >= 0.3 is 0 Å². The number of hydrogen-bond acceptors (Lipinski definition) is 4. The maximum atomic E-state index is 13.2. The molecule has 0 radical (unpaired) electrons. The molecule has 1 amide bonds. The summed E-state index contributed by atoms with van der Waals surface area (Å²) in [5, 5.41) is 9.71. The van der Waals surface area contributed by atoms with Crippen molar-refractivity contribution in [2.75, 3.05) is 24.5 Å². The van der Waals surface area contributed by atoms with Gasteiger partial charge in [-0.2, -0.15) is 5.26 Å². The van der Waals surface area contributed by atoms with Crippen molar-refractivity contribution in [2.24, 2.45) is 11.7 Å². The van der Waals surface area contributed by atoms with Crippen molar-refractivity contribution in [1.82, 2.24) is 4.90 Å². The number of nitrogens with zero attached hydrogens (tertiary/aromatic N) is 3. The number of likely N-dealkylation sites (tertiary alicyclic amines) is 1. The average molecular weight is 392 g/mol. The van der Waals surface area contributed by atoms with Crippen LogP contribution in [0.5, 0.6) is 0 Å². The lowest BCUT2D eigenvalue weighted by Crippen LogP contribution is -2.47. The second-order valence-corrected chi connectivity index (χ2v) is 8.19. The summed E-state index contributed by atoms with van der Waals surface area (Å²) in [6.07, 6.45) is 1.77. The van der Waals surface area contributed by atoms with Gasteiger partial charge in [0.05, 0.1) is 17.3 Å². The predicted molar refractivity (Wildman–Crippen MR) is 111 cm³/mol. The first kappa shape index (κ1) is 19.4. The number of carbonyl (C=O) groups excluding carboxylic acids is 1. The molecule has 2 fully saturated rings. The summed E-state index contributed by atoms with van der Waals surface area (Å²) in [4.78, 5) is 16.3. The van der Waals surface area contributed by atoms with Crippen molar-refractivity contribution in [3.05, 3.63) is 53.8 Å². The molecule has 0 aromatic heterocycles. The normalized spacial score (nSPS) is 24.6. The fraction of sp³-hybridized carbons (Fsp3) is 0.391. The number of primary amides is 1. The van der Waals surface area contributed by atoms with Gasteiger partial charge in [0.2, 0.25) is 5.91 Å². The van der Waals surface area contributed by atoms with E-state index >= 15 is 0 Å². The lowest BCUT2D eigenvalue weighted by atomic mass is 10.0. The maximum absolute atomic E-state index is 13.2. The highest BCUT2D eigenvalue weighted by molar-refractivity contribution is 5.80. The second-order valence-electron chi connectivity index (χ2n) is 8.19. The Balaban J connectivity index is 1.54. The quantitative estimate of drug-likeness (QED) is 0.868. The Bertz CT molecular complexity index is 952. The van der Waals surface area contributed by atoms with Gasteiger partial charge in [-0.1, -0.05) is 25.1 Å². The molecule has 6 heteroatoms. The molecule has 2 N–H and O–H groups in total. The van der Waals surface area contributed by atoms with Crippen LogP contribution in [0.15, 0.2) is 42.5 Å². The standard InChI is InChI=1S/C23H25FN4O/c1-15-10-22(23(26)29)28(13-15)20-8-9-27(14-20)21-7-4-17(11-18(21)12-25)16-2-5-19(24)6-3-16/h2-7,11,15,20,22H,8-10,13-14H2,1H3,(H2,26,29)/t15-,20-,22-/m0/s1. The fourth-order valence-corrected chi connectivity index (χ4v) is 4.72. The Hall–Kier alpha value is -2.91. The van der Waals surface area contributed by atoms with Crippen LogP contribution in [0.3, 0.4) is 0 Å². The Morgan fingerprint density at radius 3 is 2.59 bits per heavy atom. The van der Waals surface area contributed by atoms with Crippen LogP contribution in [-0.2, 0) is 4.79 Å². The third kappa shape index (κ3) is 3.83. The molecule has 0 unspecified atom stereocenters. The van der Waals surface area contributed by atoms with Gasteiger partial charge < -0.3 is 10.6 Å². The fourth-order valence-electron chi connectivity index (χ4n) is 4.72. The number of nitrogens with two attached hydrogens (primary N) is 1. The number of anilines is 1. The molecule has 2 aliphatic rings. The molecule has 0 bridgehead atoms. The van der Waals surface area contributed by atoms with Gasteiger partial charge in [-0.15, -0.1) is 0 Å². The van der Waals surface area contributed by atoms with Crippen molar-refractivity contribution in [3.8, 4) is 17.2 Å². The van der Waals surface area contributed by atoms with E-state index < -0.39 is 0 Å². The van der Waals surface area contributed by atoms with E-state index in [1.54, 1.807) is 12.1 Å². The number of benzene rings is 2. The molecule has 2 aromatic carbocycles. The van der Waals surface area contributed by atoms with Gasteiger partial charge in [-0.3, -0.25) is 9.69 Å². The maximum Gasteiger partial charge on any atom is 0.234 e. The van der Waals surface area contributed by atoms with E-state index in [9.17, 15) is 14.4 Å². The Morgan fingerprint density at radius 2 is 1.90 bits per heavy atom. The molecule has 2 aliphatic heterocycles. The molecule has 29 heavy (non-hydrogen) atoms. The third-order valence-electron chi connectivity index (χ3n) is 6.14. The highest BCUT2D eigenvalue weighted by Gasteiger charge is 2.40. The van der Waals surface area contributed by atoms with Gasteiger partial charge in [0.25, 0.3) is 0 Å². The lowest BCUT2D eigenvalue weighted by molar-refractivity contribution is -0.122. The molecule has 150 valence electrons. The van der Waals surface area contributed by atoms with Crippen LogP contribution in [0.1, 0.15) is 25.3 Å². The van der Waals surface area contributed by atoms with Crippen LogP contribution in [-0.4, -0.2) is 42.5 Å². The van der Waals surface area contributed by atoms with Gasteiger partial charge in [0.15, 0.2) is 0 Å². The second kappa shape index (κ2) is 7.84. The van der Waals surface area contributed by atoms with Gasteiger partial charge in [-0.25, -0.2) is 4.39 Å². The van der Waals surface area contributed by atoms with Crippen LogP contribution in [0.2, 0.25) is 0 Å². The van der Waals surface area contributed by atoms with E-state index in [0.29, 0.717) is 11.5 Å². The highest BCUT2D eigenvalue weighted by atomic mass is 19.1. The summed E-state index contributed by atoms with van der Waals surface area (Å²) in [5.74, 6) is -0.0557. The van der Waals surface area contributed by atoms with E-state index in [2.05, 4.69) is 22.8 Å². The smallest absolute Gasteiger partial charge is 0.234 e. The lowest BCUT2D eigenvalue weighted by Gasteiger charge is -2.29. The molecule has 2 heterocycles. The zero-order chi connectivity index (χ0) is 20.5. The van der Waals surface area contributed by atoms with Crippen molar-refractivity contribution in [2.45, 2.75) is 31.8 Å². The van der Waals surface area contributed by atoms with E-state index in [-0.39, 0.29) is 23.8 Å². The van der Waals surface area contributed by atoms with E-state index in [1.165, 1.54) is 12.1 Å². The Kier molecular flexibility index (Phi) is 5.25. The molecule has 0 aliphatic carbocycles. The summed E-state index contributed by atoms with van der Waals surface area (Å²) in [5.41, 5.74) is 8.91. The van der Waals surface area contributed by atoms with Crippen LogP contribution in [0, 0.1) is 23.1 Å². The van der Waals surface area contributed by atoms with Crippen LogP contribution < -0.4 is 10.6 Å². The van der Waals surface area contributed by atoms with Gasteiger partial charge in [0, 0.05) is 25.7 Å². The number of rotatable bonds is 4.